The number of aliphatic hydroxyl groups is 1. The number of likely N-dealkylation sites (N-methyl/N-ethyl adjacent to an activating group) is 1. The van der Waals surface area contributed by atoms with Crippen LogP contribution in [0.4, 0.5) is 0 Å². The van der Waals surface area contributed by atoms with E-state index in [-0.39, 0.29) is 42.5 Å². The predicted octanol–water partition coefficient (Wildman–Crippen LogP) is 3.37. The average molecular weight is 537 g/mol. The van der Waals surface area contributed by atoms with E-state index in [1.807, 2.05) is 70.0 Å². The Morgan fingerprint density at radius 3 is 2.46 bits per heavy atom. The molecule has 1 amide bonds. The molecular formula is C29H40BN3O6. The van der Waals surface area contributed by atoms with Gasteiger partial charge in [-0.3, -0.25) is 19.3 Å². The summed E-state index contributed by atoms with van der Waals surface area (Å²) in [5.74, 6) is -1.62. The molecule has 1 saturated heterocycles. The number of amides is 1. The summed E-state index contributed by atoms with van der Waals surface area (Å²) in [6, 6.07) is 13.3. The minimum atomic E-state index is -1.17. The molecule has 0 bridgehead atoms. The van der Waals surface area contributed by atoms with Gasteiger partial charge in [0.1, 0.15) is 11.7 Å². The summed E-state index contributed by atoms with van der Waals surface area (Å²) in [5.41, 5.74) is 1.62. The van der Waals surface area contributed by atoms with E-state index in [0.717, 1.165) is 5.56 Å². The maximum atomic E-state index is 13.5. The minimum Gasteiger partial charge on any atom is -0.508 e. The third kappa shape index (κ3) is 8.45. The van der Waals surface area contributed by atoms with Crippen LogP contribution in [0.1, 0.15) is 57.9 Å². The lowest BCUT2D eigenvalue weighted by molar-refractivity contribution is -0.141. The van der Waals surface area contributed by atoms with Crippen LogP contribution in [-0.2, 0) is 18.9 Å². The molecule has 1 aliphatic rings. The van der Waals surface area contributed by atoms with Gasteiger partial charge >= 0.3 is 13.1 Å². The van der Waals surface area contributed by atoms with Gasteiger partial charge in [-0.15, -0.1) is 0 Å². The van der Waals surface area contributed by atoms with E-state index < -0.39 is 37.0 Å². The lowest BCUT2D eigenvalue weighted by Crippen LogP contribution is -2.51. The van der Waals surface area contributed by atoms with Crippen molar-refractivity contribution in [1.82, 2.24) is 15.2 Å². The van der Waals surface area contributed by atoms with Crippen molar-refractivity contribution in [2.24, 2.45) is 5.92 Å². The summed E-state index contributed by atoms with van der Waals surface area (Å²) in [7, 11) is 0.922. The Bertz CT molecular complexity index is 1130. The Morgan fingerprint density at radius 1 is 1.13 bits per heavy atom. The highest BCUT2D eigenvalue weighted by Crippen LogP contribution is 2.30. The molecule has 0 unspecified atom stereocenters. The van der Waals surface area contributed by atoms with Gasteiger partial charge in [-0.05, 0) is 52.3 Å². The number of pyridine rings is 1. The van der Waals surface area contributed by atoms with Crippen LogP contribution in [0.15, 0.2) is 48.5 Å². The van der Waals surface area contributed by atoms with Gasteiger partial charge in [-0.1, -0.05) is 50.2 Å². The number of benzene rings is 1. The van der Waals surface area contributed by atoms with Gasteiger partial charge in [0.2, 0.25) is 0 Å². The molecule has 0 spiro atoms. The smallest absolute Gasteiger partial charge is 0.508 e. The fourth-order valence-electron chi connectivity index (χ4n) is 4.73. The number of aromatic nitrogens is 1. The Morgan fingerprint density at radius 2 is 1.82 bits per heavy atom. The van der Waals surface area contributed by atoms with E-state index in [1.54, 1.807) is 18.2 Å². The SMILES string of the molecule is CC(C)C[C@H](CC(=O)[C@@H](NC(=O)c1cccc(-c2ccccc2)n1)[C@@H](C)O)B1OC(=O)CN(C)[C@H](C)[C@@H](C)O1. The summed E-state index contributed by atoms with van der Waals surface area (Å²) >= 11 is 0. The van der Waals surface area contributed by atoms with Crippen LogP contribution in [0, 0.1) is 5.92 Å². The fraction of sp³-hybridized carbons (Fsp3) is 0.517. The molecule has 3 rings (SSSR count). The van der Waals surface area contributed by atoms with Crippen molar-refractivity contribution in [3.05, 3.63) is 54.2 Å². The second-order valence-electron chi connectivity index (χ2n) is 10.9. The molecule has 0 aliphatic carbocycles. The molecule has 2 N–H and O–H groups in total. The van der Waals surface area contributed by atoms with Crippen molar-refractivity contribution in [3.63, 3.8) is 0 Å². The lowest BCUT2D eigenvalue weighted by Gasteiger charge is -2.36. The number of carbonyl (C=O) groups is 3. The highest BCUT2D eigenvalue weighted by atomic mass is 16.6. The Hall–Kier alpha value is -3.08. The first-order valence-corrected chi connectivity index (χ1v) is 13.6. The van der Waals surface area contributed by atoms with Crippen molar-refractivity contribution >= 4 is 24.8 Å². The number of ketones is 1. The largest absolute Gasteiger partial charge is 0.531 e. The number of carbonyl (C=O) groups excluding carboxylic acids is 3. The standard InChI is InChI=1S/C29H40BN3O6/c1-18(2)15-23(30-38-21(5)19(3)33(6)17-27(36)39-30)16-26(35)28(20(4)34)32-29(37)25-14-10-13-24(31-25)22-11-8-7-9-12-22/h7-14,18-21,23,28,34H,15-17H2,1-6H3,(H,32,37)/t19-,20-,21-,23-,28+/m1/s1. The van der Waals surface area contributed by atoms with Crippen LogP contribution in [0.3, 0.4) is 0 Å². The molecule has 10 heteroatoms. The molecule has 2 aromatic rings. The van der Waals surface area contributed by atoms with E-state index in [1.165, 1.54) is 6.92 Å². The summed E-state index contributed by atoms with van der Waals surface area (Å²) in [4.78, 5) is 45.5. The summed E-state index contributed by atoms with van der Waals surface area (Å²) in [6.45, 7) is 9.50. The third-order valence-electron chi connectivity index (χ3n) is 7.14. The topological polar surface area (TPSA) is 118 Å². The summed E-state index contributed by atoms with van der Waals surface area (Å²) in [6.07, 6.45) is -0.873. The molecule has 0 radical (unpaired) electrons. The van der Waals surface area contributed by atoms with Crippen molar-refractivity contribution in [2.75, 3.05) is 13.6 Å². The number of nitrogens with zero attached hydrogens (tertiary/aromatic N) is 2. The minimum absolute atomic E-state index is 0.0283. The highest BCUT2D eigenvalue weighted by Gasteiger charge is 2.42. The first-order chi connectivity index (χ1) is 18.5. The number of nitrogens with one attached hydrogen (secondary N) is 1. The number of hydrogen-bond acceptors (Lipinski definition) is 8. The van der Waals surface area contributed by atoms with Gasteiger partial charge in [-0.2, -0.15) is 0 Å². The molecule has 1 aliphatic heterocycles. The molecule has 9 nitrogen and oxygen atoms in total. The van der Waals surface area contributed by atoms with E-state index in [9.17, 15) is 19.5 Å². The van der Waals surface area contributed by atoms with Crippen LogP contribution in [0.5, 0.6) is 0 Å². The fourth-order valence-corrected chi connectivity index (χ4v) is 4.73. The quantitative estimate of drug-likeness (QED) is 0.443. The van der Waals surface area contributed by atoms with E-state index in [2.05, 4.69) is 10.3 Å². The normalized spacial score (nSPS) is 20.9. The highest BCUT2D eigenvalue weighted by molar-refractivity contribution is 6.49. The van der Waals surface area contributed by atoms with Gasteiger partial charge < -0.3 is 19.7 Å². The van der Waals surface area contributed by atoms with E-state index in [0.29, 0.717) is 12.1 Å². The van der Waals surface area contributed by atoms with Gasteiger partial charge in [0.25, 0.3) is 5.91 Å². The number of rotatable bonds is 10. The third-order valence-corrected chi connectivity index (χ3v) is 7.14. The molecule has 39 heavy (non-hydrogen) atoms. The van der Waals surface area contributed by atoms with Crippen molar-refractivity contribution in [3.8, 4) is 11.3 Å². The Balaban J connectivity index is 1.77. The van der Waals surface area contributed by atoms with Crippen LogP contribution in [0.25, 0.3) is 11.3 Å². The van der Waals surface area contributed by atoms with Crippen molar-refractivity contribution < 1.29 is 28.8 Å². The van der Waals surface area contributed by atoms with Crippen LogP contribution in [0.2, 0.25) is 5.82 Å². The summed E-state index contributed by atoms with van der Waals surface area (Å²) in [5, 5.41) is 13.1. The zero-order valence-corrected chi connectivity index (χ0v) is 23.7. The monoisotopic (exact) mass is 537 g/mol. The second-order valence-corrected chi connectivity index (χ2v) is 10.9. The maximum Gasteiger partial charge on any atom is 0.531 e. The van der Waals surface area contributed by atoms with Gasteiger partial charge in [0.05, 0.1) is 24.4 Å². The molecule has 2 heterocycles. The zero-order chi connectivity index (χ0) is 28.7. The number of hydrogen-bond donors (Lipinski definition) is 2. The van der Waals surface area contributed by atoms with Gasteiger partial charge in [0, 0.05) is 23.8 Å². The van der Waals surface area contributed by atoms with E-state index >= 15 is 0 Å². The number of aliphatic hydroxyl groups excluding tert-OH is 1. The molecule has 5 atom stereocenters. The Labute approximate surface area is 231 Å². The van der Waals surface area contributed by atoms with E-state index in [4.69, 9.17) is 9.31 Å². The number of Topliss-reactive ketones (excluding diaryl/α,β-unsaturated/α-hetero) is 1. The predicted molar refractivity (Wildman–Crippen MR) is 150 cm³/mol. The van der Waals surface area contributed by atoms with Crippen molar-refractivity contribution in [1.29, 1.82) is 0 Å². The van der Waals surface area contributed by atoms with Gasteiger partial charge in [0.15, 0.2) is 5.78 Å². The average Bonchev–Trinajstić information content (AvgIpc) is 2.89. The second kappa shape index (κ2) is 13.8. The lowest BCUT2D eigenvalue weighted by atomic mass is 9.64. The molecule has 210 valence electrons. The molecule has 1 aromatic heterocycles. The first-order valence-electron chi connectivity index (χ1n) is 13.6. The van der Waals surface area contributed by atoms with Crippen LogP contribution in [-0.4, -0.2) is 77.7 Å². The maximum absolute atomic E-state index is 13.5. The van der Waals surface area contributed by atoms with Crippen molar-refractivity contribution in [2.45, 2.75) is 77.6 Å². The molecule has 1 aromatic carbocycles. The summed E-state index contributed by atoms with van der Waals surface area (Å²) < 4.78 is 11.8. The van der Waals surface area contributed by atoms with Crippen LogP contribution < -0.4 is 5.32 Å². The van der Waals surface area contributed by atoms with Crippen LogP contribution >= 0.6 is 0 Å². The first kappa shape index (κ1) is 30.5. The van der Waals surface area contributed by atoms with Gasteiger partial charge in [-0.25, -0.2) is 4.98 Å². The molecular weight excluding hydrogens is 497 g/mol. The zero-order valence-electron chi connectivity index (χ0n) is 23.7. The molecule has 0 saturated carbocycles. The molecule has 1 fully saturated rings. The Kier molecular flexibility index (Phi) is 10.8.